The third kappa shape index (κ3) is 15.4. The van der Waals surface area contributed by atoms with Crippen LogP contribution in [0.2, 0.25) is 16.6 Å². The van der Waals surface area contributed by atoms with Gasteiger partial charge in [-0.3, -0.25) is 10.1 Å². The molecule has 0 spiro atoms. The number of esters is 1. The molecular formula is C38H69NO3Si. The fraction of sp³-hybridized carbons (Fsp3) is 0.763. The molecule has 1 aromatic carbocycles. The lowest BCUT2D eigenvalue weighted by Gasteiger charge is -2.45. The smallest absolute Gasteiger partial charge is 0.326 e. The number of ether oxygens (including phenoxy) is 1. The summed E-state index contributed by atoms with van der Waals surface area (Å²) in [6.45, 7) is 22.5. The van der Waals surface area contributed by atoms with Crippen LogP contribution in [0.1, 0.15) is 152 Å². The lowest BCUT2D eigenvalue weighted by molar-refractivity contribution is -0.159. The molecule has 4 nitrogen and oxygen atoms in total. The molecule has 1 N–H and O–H groups in total. The Labute approximate surface area is 268 Å². The Kier molecular flexibility index (Phi) is 19.6. The number of hydrogen-bond acceptors (Lipinski definition) is 4. The predicted octanol–water partition coefficient (Wildman–Crippen LogP) is 11.3. The van der Waals surface area contributed by atoms with Crippen LogP contribution in [0.4, 0.5) is 0 Å². The first-order valence-electron chi connectivity index (χ1n) is 17.7. The molecule has 0 saturated heterocycles. The molecule has 0 radical (unpaired) electrons. The summed E-state index contributed by atoms with van der Waals surface area (Å²) in [4.78, 5) is 13.8. The van der Waals surface area contributed by atoms with Gasteiger partial charge in [0.25, 0.3) is 0 Å². The van der Waals surface area contributed by atoms with Gasteiger partial charge in [0, 0.05) is 6.54 Å². The van der Waals surface area contributed by atoms with Crippen molar-refractivity contribution in [1.29, 1.82) is 0 Å². The van der Waals surface area contributed by atoms with E-state index in [9.17, 15) is 4.79 Å². The van der Waals surface area contributed by atoms with Gasteiger partial charge in [-0.25, -0.2) is 0 Å². The van der Waals surface area contributed by atoms with Crippen molar-refractivity contribution in [2.45, 2.75) is 187 Å². The molecule has 1 aromatic rings. The van der Waals surface area contributed by atoms with Crippen LogP contribution in [-0.4, -0.2) is 32.0 Å². The van der Waals surface area contributed by atoms with E-state index in [2.05, 4.69) is 78.1 Å². The second kappa shape index (κ2) is 21.3. The van der Waals surface area contributed by atoms with Crippen LogP contribution in [0.3, 0.4) is 0 Å². The first kappa shape index (κ1) is 39.6. The summed E-state index contributed by atoms with van der Waals surface area (Å²) in [5, 5.41) is 3.57. The SMILES string of the molecule is CCCCCCCCCCCCC/C=C/[C@@H](O[Si](C(C)C)(C(C)C)C(C)C)[C@@H](NCc1ccccc1)C(=O)OC(C)(C)C. The average Bonchev–Trinajstić information content (AvgIpc) is 2.92. The monoisotopic (exact) mass is 616 g/mol. The molecule has 2 atom stereocenters. The van der Waals surface area contributed by atoms with E-state index < -0.39 is 20.0 Å². The van der Waals surface area contributed by atoms with E-state index in [1.165, 1.54) is 70.6 Å². The maximum absolute atomic E-state index is 13.8. The normalized spacial score (nSPS) is 14.3. The van der Waals surface area contributed by atoms with E-state index in [-0.39, 0.29) is 12.1 Å². The van der Waals surface area contributed by atoms with E-state index in [4.69, 9.17) is 9.16 Å². The van der Waals surface area contributed by atoms with Crippen LogP contribution in [0, 0.1) is 0 Å². The van der Waals surface area contributed by atoms with Crippen molar-refractivity contribution in [1.82, 2.24) is 5.32 Å². The summed E-state index contributed by atoms with van der Waals surface area (Å²) >= 11 is 0. The molecule has 0 aromatic heterocycles. The van der Waals surface area contributed by atoms with Gasteiger partial charge in [0.1, 0.15) is 11.6 Å². The van der Waals surface area contributed by atoms with Crippen LogP contribution in [-0.2, 0) is 20.5 Å². The third-order valence-electron chi connectivity index (χ3n) is 8.71. The molecule has 0 aliphatic carbocycles. The highest BCUT2D eigenvalue weighted by molar-refractivity contribution is 6.77. The van der Waals surface area contributed by atoms with Crippen molar-refractivity contribution in [3.05, 3.63) is 48.0 Å². The highest BCUT2D eigenvalue weighted by Gasteiger charge is 2.48. The maximum atomic E-state index is 13.8. The Morgan fingerprint density at radius 2 is 1.28 bits per heavy atom. The van der Waals surface area contributed by atoms with Crippen molar-refractivity contribution < 1.29 is 14.0 Å². The van der Waals surface area contributed by atoms with E-state index in [1.807, 2.05) is 39.0 Å². The van der Waals surface area contributed by atoms with Gasteiger partial charge in [0.05, 0.1) is 6.10 Å². The summed E-state index contributed by atoms with van der Waals surface area (Å²) in [6, 6.07) is 9.69. The second-order valence-corrected chi connectivity index (χ2v) is 19.9. The second-order valence-electron chi connectivity index (χ2n) is 14.5. The molecule has 0 heterocycles. The maximum Gasteiger partial charge on any atom is 0.326 e. The number of unbranched alkanes of at least 4 members (excludes halogenated alkanes) is 11. The number of benzene rings is 1. The number of hydrogen-bond donors (Lipinski definition) is 1. The van der Waals surface area contributed by atoms with Gasteiger partial charge in [-0.15, -0.1) is 0 Å². The molecule has 248 valence electrons. The summed E-state index contributed by atoms with van der Waals surface area (Å²) in [7, 11) is -2.27. The fourth-order valence-corrected chi connectivity index (χ4v) is 12.0. The number of rotatable bonds is 23. The van der Waals surface area contributed by atoms with Crippen molar-refractivity contribution in [3.8, 4) is 0 Å². The molecule has 0 unspecified atom stereocenters. The zero-order valence-electron chi connectivity index (χ0n) is 29.8. The Balaban J connectivity index is 3.03. The zero-order valence-corrected chi connectivity index (χ0v) is 30.8. The van der Waals surface area contributed by atoms with Crippen LogP contribution >= 0.6 is 0 Å². The molecule has 0 fully saturated rings. The molecule has 0 bridgehead atoms. The van der Waals surface area contributed by atoms with Crippen LogP contribution in [0.5, 0.6) is 0 Å². The third-order valence-corrected chi connectivity index (χ3v) is 14.8. The summed E-state index contributed by atoms with van der Waals surface area (Å²) in [5.74, 6) is -0.244. The Morgan fingerprint density at radius 1 is 0.791 bits per heavy atom. The van der Waals surface area contributed by atoms with Crippen molar-refractivity contribution in [2.75, 3.05) is 0 Å². The van der Waals surface area contributed by atoms with Crippen molar-refractivity contribution >= 4 is 14.3 Å². The average molecular weight is 616 g/mol. The Hall–Kier alpha value is -1.43. The van der Waals surface area contributed by atoms with Gasteiger partial charge < -0.3 is 9.16 Å². The molecule has 0 amide bonds. The number of carbonyl (C=O) groups excluding carboxylic acids is 1. The first-order valence-corrected chi connectivity index (χ1v) is 19.8. The van der Waals surface area contributed by atoms with Crippen molar-refractivity contribution in [2.24, 2.45) is 0 Å². The van der Waals surface area contributed by atoms with Crippen LogP contribution in [0.15, 0.2) is 42.5 Å². The topological polar surface area (TPSA) is 47.6 Å². The fourth-order valence-electron chi connectivity index (χ4n) is 6.54. The number of allylic oxidation sites excluding steroid dienone is 1. The summed E-state index contributed by atoms with van der Waals surface area (Å²) in [5.41, 5.74) is 1.83. The van der Waals surface area contributed by atoms with Gasteiger partial charge in [0.15, 0.2) is 0 Å². The van der Waals surface area contributed by atoms with E-state index >= 15 is 0 Å². The highest BCUT2D eigenvalue weighted by atomic mass is 28.4. The van der Waals surface area contributed by atoms with E-state index in [1.54, 1.807) is 0 Å². The molecule has 43 heavy (non-hydrogen) atoms. The first-order chi connectivity index (χ1) is 20.3. The molecule has 0 saturated carbocycles. The van der Waals surface area contributed by atoms with E-state index in [0.717, 1.165) is 12.0 Å². The van der Waals surface area contributed by atoms with Gasteiger partial charge >= 0.3 is 5.97 Å². The summed E-state index contributed by atoms with van der Waals surface area (Å²) in [6.07, 6.45) is 19.8. The lowest BCUT2D eigenvalue weighted by Crippen LogP contribution is -2.56. The van der Waals surface area contributed by atoms with Crippen LogP contribution in [0.25, 0.3) is 0 Å². The van der Waals surface area contributed by atoms with Crippen molar-refractivity contribution in [3.63, 3.8) is 0 Å². The predicted molar refractivity (Wildman–Crippen MR) is 189 cm³/mol. The van der Waals surface area contributed by atoms with Gasteiger partial charge in [-0.1, -0.05) is 155 Å². The van der Waals surface area contributed by atoms with Gasteiger partial charge in [-0.2, -0.15) is 0 Å². The molecule has 0 aliphatic heterocycles. The number of carbonyl (C=O) groups is 1. The lowest BCUT2D eigenvalue weighted by atomic mass is 10.0. The van der Waals surface area contributed by atoms with E-state index in [0.29, 0.717) is 23.2 Å². The Morgan fingerprint density at radius 3 is 1.74 bits per heavy atom. The summed E-state index contributed by atoms with van der Waals surface area (Å²) < 4.78 is 13.3. The highest BCUT2D eigenvalue weighted by Crippen LogP contribution is 2.43. The van der Waals surface area contributed by atoms with Crippen LogP contribution < -0.4 is 5.32 Å². The quantitative estimate of drug-likeness (QED) is 0.0576. The molecule has 5 heteroatoms. The minimum Gasteiger partial charge on any atom is -0.459 e. The molecule has 1 rings (SSSR count). The minimum absolute atomic E-state index is 0.244. The minimum atomic E-state index is -2.27. The number of nitrogens with one attached hydrogen (secondary N) is 1. The Bertz CT molecular complexity index is 853. The van der Waals surface area contributed by atoms with Gasteiger partial charge in [0.2, 0.25) is 8.32 Å². The van der Waals surface area contributed by atoms with Gasteiger partial charge in [-0.05, 0) is 55.8 Å². The molecule has 0 aliphatic rings. The molecular weight excluding hydrogens is 547 g/mol. The standard InChI is InChI=1S/C38H69NO3Si/c1-11-12-13-14-15-16-17-18-19-20-21-22-26-29-35(42-43(31(2)3,32(4)5)33(6)7)36(37(40)41-38(8,9)10)39-30-34-27-24-23-25-28-34/h23-29,31-33,35-36,39H,11-22,30H2,1-10H3/b29-26+/t35-,36-/m1/s1. The largest absolute Gasteiger partial charge is 0.459 e. The zero-order chi connectivity index (χ0) is 32.3.